The second-order valence-electron chi connectivity index (χ2n) is 4.05. The van der Waals surface area contributed by atoms with Crippen molar-refractivity contribution >= 4 is 5.78 Å². The molecule has 78 valence electrons. The van der Waals surface area contributed by atoms with Crippen LogP contribution in [0.15, 0.2) is 11.8 Å². The lowest BCUT2D eigenvalue weighted by atomic mass is 9.93. The highest BCUT2D eigenvalue weighted by molar-refractivity contribution is 5.93. The molecule has 3 nitrogen and oxygen atoms in total. The van der Waals surface area contributed by atoms with E-state index in [-0.39, 0.29) is 5.78 Å². The minimum absolute atomic E-state index is 0.191. The molecule has 1 atom stereocenters. The number of carbonyl (C=O) groups is 1. The van der Waals surface area contributed by atoms with Crippen LogP contribution in [0, 0.1) is 5.92 Å². The molecule has 2 aliphatic rings. The molecule has 0 amide bonds. The molecule has 0 aromatic heterocycles. The van der Waals surface area contributed by atoms with Gasteiger partial charge in [0.1, 0.15) is 0 Å². The first-order valence-corrected chi connectivity index (χ1v) is 5.43. The summed E-state index contributed by atoms with van der Waals surface area (Å²) in [7, 11) is 0. The van der Waals surface area contributed by atoms with E-state index in [0.29, 0.717) is 24.7 Å². The molecule has 2 rings (SSSR count). The number of rotatable bonds is 3. The van der Waals surface area contributed by atoms with E-state index in [0.717, 1.165) is 19.5 Å². The van der Waals surface area contributed by atoms with Gasteiger partial charge in [-0.1, -0.05) is 0 Å². The zero-order chi connectivity index (χ0) is 9.80. The van der Waals surface area contributed by atoms with Gasteiger partial charge in [0.25, 0.3) is 0 Å². The highest BCUT2D eigenvalue weighted by atomic mass is 16.5. The van der Waals surface area contributed by atoms with Crippen molar-refractivity contribution in [1.29, 1.82) is 0 Å². The van der Waals surface area contributed by atoms with Gasteiger partial charge in [-0.2, -0.15) is 0 Å². The van der Waals surface area contributed by atoms with Crippen molar-refractivity contribution in [1.82, 2.24) is 5.32 Å². The summed E-state index contributed by atoms with van der Waals surface area (Å²) in [4.78, 5) is 11.7. The molecule has 2 aliphatic heterocycles. The lowest BCUT2D eigenvalue weighted by molar-refractivity contribution is -0.119. The number of hydrogen-bond donors (Lipinski definition) is 1. The Bertz CT molecular complexity index is 242. The number of nitrogens with one attached hydrogen (secondary N) is 1. The van der Waals surface area contributed by atoms with Crippen LogP contribution >= 0.6 is 0 Å². The largest absolute Gasteiger partial charge is 0.490 e. The average Bonchev–Trinajstić information content (AvgIpc) is 2.72. The Morgan fingerprint density at radius 3 is 3.21 bits per heavy atom. The molecular formula is C11H17NO2. The van der Waals surface area contributed by atoms with Gasteiger partial charge in [-0.15, -0.1) is 0 Å². The second kappa shape index (κ2) is 4.60. The molecule has 0 radical (unpaired) electrons. The summed E-state index contributed by atoms with van der Waals surface area (Å²) in [5.41, 5.74) is 0. The van der Waals surface area contributed by atoms with Crippen molar-refractivity contribution in [3.63, 3.8) is 0 Å². The highest BCUT2D eigenvalue weighted by Gasteiger charge is 2.21. The predicted molar refractivity (Wildman–Crippen MR) is 53.9 cm³/mol. The van der Waals surface area contributed by atoms with Crippen molar-refractivity contribution in [3.8, 4) is 0 Å². The van der Waals surface area contributed by atoms with E-state index >= 15 is 0 Å². The highest BCUT2D eigenvalue weighted by Crippen LogP contribution is 2.19. The van der Waals surface area contributed by atoms with Gasteiger partial charge in [-0.05, 0) is 37.9 Å². The molecule has 2 heterocycles. The SMILES string of the molecule is O=C(CC1CCCNC1)C1=CCCO1. The molecule has 14 heavy (non-hydrogen) atoms. The van der Waals surface area contributed by atoms with E-state index in [1.54, 1.807) is 0 Å². The molecule has 1 saturated heterocycles. The molecule has 1 fully saturated rings. The van der Waals surface area contributed by atoms with E-state index in [4.69, 9.17) is 4.74 Å². The normalized spacial score (nSPS) is 26.9. The Balaban J connectivity index is 1.81. The van der Waals surface area contributed by atoms with Crippen LogP contribution in [0.3, 0.4) is 0 Å². The number of ketones is 1. The number of Topliss-reactive ketones (excluding diaryl/α,β-unsaturated/α-hetero) is 1. The first-order valence-electron chi connectivity index (χ1n) is 5.43. The molecule has 1 N–H and O–H groups in total. The van der Waals surface area contributed by atoms with Gasteiger partial charge in [0.15, 0.2) is 11.5 Å². The van der Waals surface area contributed by atoms with Crippen LogP contribution in [-0.4, -0.2) is 25.5 Å². The van der Waals surface area contributed by atoms with Crippen molar-refractivity contribution in [2.24, 2.45) is 5.92 Å². The summed E-state index contributed by atoms with van der Waals surface area (Å²) in [5.74, 6) is 1.31. The molecular weight excluding hydrogens is 178 g/mol. The molecule has 0 aromatic carbocycles. The van der Waals surface area contributed by atoms with Crippen LogP contribution in [0.4, 0.5) is 0 Å². The van der Waals surface area contributed by atoms with Crippen LogP contribution in [0.1, 0.15) is 25.7 Å². The monoisotopic (exact) mass is 195 g/mol. The molecule has 3 heteroatoms. The van der Waals surface area contributed by atoms with Gasteiger partial charge in [-0.25, -0.2) is 0 Å². The van der Waals surface area contributed by atoms with Crippen LogP contribution in [-0.2, 0) is 9.53 Å². The zero-order valence-corrected chi connectivity index (χ0v) is 8.42. The third-order valence-corrected chi connectivity index (χ3v) is 2.85. The summed E-state index contributed by atoms with van der Waals surface area (Å²) >= 11 is 0. The Hall–Kier alpha value is -0.830. The average molecular weight is 195 g/mol. The smallest absolute Gasteiger partial charge is 0.197 e. The number of piperidine rings is 1. The van der Waals surface area contributed by atoms with Crippen molar-refractivity contribution in [2.45, 2.75) is 25.7 Å². The van der Waals surface area contributed by atoms with Crippen LogP contribution in [0.2, 0.25) is 0 Å². The molecule has 0 saturated carbocycles. The van der Waals surface area contributed by atoms with Crippen molar-refractivity contribution in [2.75, 3.05) is 19.7 Å². The Morgan fingerprint density at radius 2 is 2.57 bits per heavy atom. The summed E-state index contributed by atoms with van der Waals surface area (Å²) in [6.45, 7) is 2.77. The van der Waals surface area contributed by atoms with Gasteiger partial charge in [0.2, 0.25) is 0 Å². The predicted octanol–water partition coefficient (Wildman–Crippen LogP) is 1.25. The zero-order valence-electron chi connectivity index (χ0n) is 8.42. The maximum absolute atomic E-state index is 11.7. The lowest BCUT2D eigenvalue weighted by Gasteiger charge is -2.21. The van der Waals surface area contributed by atoms with E-state index in [2.05, 4.69) is 5.32 Å². The maximum atomic E-state index is 11.7. The summed E-state index contributed by atoms with van der Waals surface area (Å²) in [5, 5.41) is 3.32. The minimum Gasteiger partial charge on any atom is -0.490 e. The van der Waals surface area contributed by atoms with Crippen LogP contribution < -0.4 is 5.32 Å². The first kappa shape index (κ1) is 9.71. The first-order chi connectivity index (χ1) is 6.86. The minimum atomic E-state index is 0.191. The molecule has 0 aliphatic carbocycles. The Morgan fingerprint density at radius 1 is 1.64 bits per heavy atom. The van der Waals surface area contributed by atoms with Crippen LogP contribution in [0.25, 0.3) is 0 Å². The maximum Gasteiger partial charge on any atom is 0.197 e. The lowest BCUT2D eigenvalue weighted by Crippen LogP contribution is -2.31. The third kappa shape index (κ3) is 2.35. The Labute approximate surface area is 84.5 Å². The molecule has 1 unspecified atom stereocenters. The number of hydrogen-bond acceptors (Lipinski definition) is 3. The Kier molecular flexibility index (Phi) is 3.19. The van der Waals surface area contributed by atoms with Gasteiger partial charge in [0.05, 0.1) is 6.61 Å². The quantitative estimate of drug-likeness (QED) is 0.736. The fourth-order valence-electron chi connectivity index (χ4n) is 2.07. The standard InChI is InChI=1S/C11H17NO2/c13-10(11-4-2-6-14-11)7-9-3-1-5-12-8-9/h4,9,12H,1-3,5-8H2. The number of ether oxygens (including phenoxy) is 1. The number of allylic oxidation sites excluding steroid dienone is 1. The summed E-state index contributed by atoms with van der Waals surface area (Å²) in [6.07, 6.45) is 5.82. The topological polar surface area (TPSA) is 38.3 Å². The van der Waals surface area contributed by atoms with Crippen LogP contribution in [0.5, 0.6) is 0 Å². The summed E-state index contributed by atoms with van der Waals surface area (Å²) < 4.78 is 5.25. The second-order valence-corrected chi connectivity index (χ2v) is 4.05. The van der Waals surface area contributed by atoms with Gasteiger partial charge < -0.3 is 10.1 Å². The van der Waals surface area contributed by atoms with Gasteiger partial charge in [0, 0.05) is 12.8 Å². The molecule has 0 aromatic rings. The molecule has 0 bridgehead atoms. The van der Waals surface area contributed by atoms with E-state index in [1.165, 1.54) is 12.8 Å². The van der Waals surface area contributed by atoms with Crippen molar-refractivity contribution in [3.05, 3.63) is 11.8 Å². The van der Waals surface area contributed by atoms with Gasteiger partial charge >= 0.3 is 0 Å². The van der Waals surface area contributed by atoms with Crippen molar-refractivity contribution < 1.29 is 9.53 Å². The van der Waals surface area contributed by atoms with E-state index in [9.17, 15) is 4.79 Å². The fraction of sp³-hybridized carbons (Fsp3) is 0.727. The van der Waals surface area contributed by atoms with E-state index in [1.807, 2.05) is 6.08 Å². The number of carbonyl (C=O) groups excluding carboxylic acids is 1. The molecule has 0 spiro atoms. The summed E-state index contributed by atoms with van der Waals surface area (Å²) in [6, 6.07) is 0. The third-order valence-electron chi connectivity index (χ3n) is 2.85. The fourth-order valence-corrected chi connectivity index (χ4v) is 2.07. The van der Waals surface area contributed by atoms with E-state index < -0.39 is 0 Å². The van der Waals surface area contributed by atoms with Gasteiger partial charge in [-0.3, -0.25) is 4.79 Å².